The Morgan fingerprint density at radius 3 is 2.39 bits per heavy atom. The van der Waals surface area contributed by atoms with Crippen molar-refractivity contribution in [2.24, 2.45) is 0 Å². The fraction of sp³-hybridized carbons (Fsp3) is 0.263. The van der Waals surface area contributed by atoms with Crippen LogP contribution in [-0.4, -0.2) is 17.0 Å². The minimum atomic E-state index is -1.06. The van der Waals surface area contributed by atoms with E-state index in [0.717, 1.165) is 11.1 Å². The quantitative estimate of drug-likeness (QED) is 0.861. The van der Waals surface area contributed by atoms with Gasteiger partial charge in [0.15, 0.2) is 6.04 Å². The number of nitrogens with one attached hydrogen (secondary N) is 1. The van der Waals surface area contributed by atoms with Crippen molar-refractivity contribution in [2.75, 3.05) is 0 Å². The summed E-state index contributed by atoms with van der Waals surface area (Å²) in [7, 11) is 0. The summed E-state index contributed by atoms with van der Waals surface area (Å²) in [6.07, 6.45) is 0.861. The molecule has 0 bridgehead atoms. The first-order chi connectivity index (χ1) is 11.0. The summed E-state index contributed by atoms with van der Waals surface area (Å²) < 4.78 is 0. The van der Waals surface area contributed by atoms with Crippen LogP contribution in [-0.2, 0) is 16.0 Å². The number of rotatable bonds is 6. The van der Waals surface area contributed by atoms with Crippen LogP contribution in [0.1, 0.15) is 34.7 Å². The molecule has 1 atom stereocenters. The number of aliphatic carboxylic acids is 1. The van der Waals surface area contributed by atoms with Crippen molar-refractivity contribution >= 4 is 11.9 Å². The van der Waals surface area contributed by atoms with Gasteiger partial charge in [-0.05, 0) is 37.0 Å². The zero-order valence-corrected chi connectivity index (χ0v) is 13.4. The fourth-order valence-electron chi connectivity index (χ4n) is 2.54. The molecule has 0 saturated carbocycles. The second-order valence-electron chi connectivity index (χ2n) is 5.68. The third-order valence-electron chi connectivity index (χ3n) is 3.80. The number of hydrogen-bond donors (Lipinski definition) is 2. The second kappa shape index (κ2) is 7.58. The van der Waals surface area contributed by atoms with Crippen LogP contribution in [0, 0.1) is 13.8 Å². The molecule has 0 aliphatic carbocycles. The minimum Gasteiger partial charge on any atom is -0.479 e. The van der Waals surface area contributed by atoms with E-state index in [1.54, 1.807) is 24.3 Å². The Balaban J connectivity index is 1.98. The zero-order chi connectivity index (χ0) is 16.8. The van der Waals surface area contributed by atoms with Crippen molar-refractivity contribution in [1.29, 1.82) is 0 Å². The van der Waals surface area contributed by atoms with Crippen LogP contribution < -0.4 is 5.32 Å². The van der Waals surface area contributed by atoms with Crippen LogP contribution in [0.4, 0.5) is 0 Å². The van der Waals surface area contributed by atoms with E-state index in [1.165, 1.54) is 5.56 Å². The van der Waals surface area contributed by atoms with Gasteiger partial charge in [-0.3, -0.25) is 4.79 Å². The van der Waals surface area contributed by atoms with Crippen LogP contribution in [0.15, 0.2) is 48.5 Å². The molecule has 0 aliphatic rings. The molecule has 0 heterocycles. The van der Waals surface area contributed by atoms with Gasteiger partial charge in [0, 0.05) is 6.42 Å². The predicted octanol–water partition coefficient (Wildman–Crippen LogP) is 3.18. The smallest absolute Gasteiger partial charge is 0.330 e. The number of carbonyl (C=O) groups is 2. The first-order valence-electron chi connectivity index (χ1n) is 7.60. The monoisotopic (exact) mass is 311 g/mol. The molecule has 0 fully saturated rings. The van der Waals surface area contributed by atoms with Gasteiger partial charge in [-0.2, -0.15) is 0 Å². The van der Waals surface area contributed by atoms with Crippen molar-refractivity contribution in [1.82, 2.24) is 5.32 Å². The van der Waals surface area contributed by atoms with E-state index in [1.807, 2.05) is 32.0 Å². The van der Waals surface area contributed by atoms with Crippen molar-refractivity contribution in [3.8, 4) is 0 Å². The molecule has 0 unspecified atom stereocenters. The number of carboxylic acids is 1. The lowest BCUT2D eigenvalue weighted by atomic mass is 10.0. The van der Waals surface area contributed by atoms with Gasteiger partial charge < -0.3 is 10.4 Å². The summed E-state index contributed by atoms with van der Waals surface area (Å²) in [4.78, 5) is 23.5. The molecule has 4 heteroatoms. The summed E-state index contributed by atoms with van der Waals surface area (Å²) in [5.41, 5.74) is 4.01. The summed E-state index contributed by atoms with van der Waals surface area (Å²) in [5, 5.41) is 11.9. The standard InChI is InChI=1S/C19H21NO3/c1-13-8-9-15(14(2)12-13)10-11-17(21)20-18(19(22)23)16-6-4-3-5-7-16/h3-9,12,18H,10-11H2,1-2H3,(H,20,21)(H,22,23)/t18-/m1/s1. The molecule has 120 valence electrons. The molecule has 0 aromatic heterocycles. The van der Waals surface area contributed by atoms with Crippen LogP contribution in [0.25, 0.3) is 0 Å². The maximum Gasteiger partial charge on any atom is 0.330 e. The molecule has 1 amide bonds. The van der Waals surface area contributed by atoms with Crippen LogP contribution in [0.3, 0.4) is 0 Å². The van der Waals surface area contributed by atoms with Crippen molar-refractivity contribution in [3.63, 3.8) is 0 Å². The fourth-order valence-corrected chi connectivity index (χ4v) is 2.54. The van der Waals surface area contributed by atoms with E-state index in [9.17, 15) is 14.7 Å². The Hall–Kier alpha value is -2.62. The van der Waals surface area contributed by atoms with E-state index in [2.05, 4.69) is 11.4 Å². The SMILES string of the molecule is Cc1ccc(CCC(=O)N[C@@H](C(=O)O)c2ccccc2)c(C)c1. The highest BCUT2D eigenvalue weighted by atomic mass is 16.4. The molecule has 2 aromatic rings. The van der Waals surface area contributed by atoms with Crippen LogP contribution >= 0.6 is 0 Å². The molecular formula is C19H21NO3. The molecular weight excluding hydrogens is 290 g/mol. The Morgan fingerprint density at radius 2 is 1.78 bits per heavy atom. The number of carboxylic acid groups (broad SMARTS) is 1. The van der Waals surface area contributed by atoms with Gasteiger partial charge in [0.25, 0.3) is 0 Å². The molecule has 0 aliphatic heterocycles. The Bertz CT molecular complexity index is 695. The van der Waals surface area contributed by atoms with E-state index in [-0.39, 0.29) is 12.3 Å². The third kappa shape index (κ3) is 4.68. The van der Waals surface area contributed by atoms with Gasteiger partial charge in [-0.25, -0.2) is 4.79 Å². The van der Waals surface area contributed by atoms with Crippen LogP contribution in [0.5, 0.6) is 0 Å². The van der Waals surface area contributed by atoms with Gasteiger partial charge in [-0.1, -0.05) is 54.1 Å². The lowest BCUT2D eigenvalue weighted by Gasteiger charge is -2.15. The van der Waals surface area contributed by atoms with E-state index in [0.29, 0.717) is 12.0 Å². The van der Waals surface area contributed by atoms with Crippen molar-refractivity contribution < 1.29 is 14.7 Å². The third-order valence-corrected chi connectivity index (χ3v) is 3.80. The molecule has 2 rings (SSSR count). The molecule has 23 heavy (non-hydrogen) atoms. The van der Waals surface area contributed by atoms with Gasteiger partial charge in [0.05, 0.1) is 0 Å². The number of aryl methyl sites for hydroxylation is 3. The van der Waals surface area contributed by atoms with Crippen molar-refractivity contribution in [3.05, 3.63) is 70.8 Å². The van der Waals surface area contributed by atoms with Crippen LogP contribution in [0.2, 0.25) is 0 Å². The zero-order valence-electron chi connectivity index (χ0n) is 13.4. The average molecular weight is 311 g/mol. The lowest BCUT2D eigenvalue weighted by molar-refractivity contribution is -0.142. The molecule has 0 radical (unpaired) electrons. The van der Waals surface area contributed by atoms with E-state index < -0.39 is 12.0 Å². The normalized spacial score (nSPS) is 11.7. The van der Waals surface area contributed by atoms with Crippen molar-refractivity contribution in [2.45, 2.75) is 32.7 Å². The molecule has 0 spiro atoms. The Labute approximate surface area is 136 Å². The number of carbonyl (C=O) groups excluding carboxylic acids is 1. The predicted molar refractivity (Wildman–Crippen MR) is 89.2 cm³/mol. The maximum absolute atomic E-state index is 12.1. The van der Waals surface area contributed by atoms with Gasteiger partial charge >= 0.3 is 5.97 Å². The topological polar surface area (TPSA) is 66.4 Å². The number of benzene rings is 2. The van der Waals surface area contributed by atoms with Gasteiger partial charge in [-0.15, -0.1) is 0 Å². The minimum absolute atomic E-state index is 0.263. The second-order valence-corrected chi connectivity index (χ2v) is 5.68. The van der Waals surface area contributed by atoms with E-state index >= 15 is 0 Å². The summed E-state index contributed by atoms with van der Waals surface area (Å²) in [6.45, 7) is 4.05. The lowest BCUT2D eigenvalue weighted by Crippen LogP contribution is -2.33. The first-order valence-corrected chi connectivity index (χ1v) is 7.60. The first kappa shape index (κ1) is 16.7. The molecule has 4 nitrogen and oxygen atoms in total. The molecule has 2 aromatic carbocycles. The highest BCUT2D eigenvalue weighted by molar-refractivity contribution is 5.84. The summed E-state index contributed by atoms with van der Waals surface area (Å²) in [6, 6.07) is 13.8. The number of hydrogen-bond acceptors (Lipinski definition) is 2. The highest BCUT2D eigenvalue weighted by Gasteiger charge is 2.21. The van der Waals surface area contributed by atoms with Gasteiger partial charge in [0.1, 0.15) is 0 Å². The van der Waals surface area contributed by atoms with Gasteiger partial charge in [0.2, 0.25) is 5.91 Å². The summed E-state index contributed by atoms with van der Waals surface area (Å²) in [5.74, 6) is -1.32. The average Bonchev–Trinajstić information content (AvgIpc) is 2.52. The maximum atomic E-state index is 12.1. The van der Waals surface area contributed by atoms with E-state index in [4.69, 9.17) is 0 Å². The summed E-state index contributed by atoms with van der Waals surface area (Å²) >= 11 is 0. The molecule has 0 saturated heterocycles. The molecule has 2 N–H and O–H groups in total. The largest absolute Gasteiger partial charge is 0.479 e. The number of amides is 1. The highest BCUT2D eigenvalue weighted by Crippen LogP contribution is 2.15. The Morgan fingerprint density at radius 1 is 1.09 bits per heavy atom. The Kier molecular flexibility index (Phi) is 5.52.